The number of carbonyl (C=O) groups is 2. The Kier molecular flexibility index (Phi) is 16.8. The van der Waals surface area contributed by atoms with Crippen molar-refractivity contribution in [2.75, 3.05) is 4.90 Å². The summed E-state index contributed by atoms with van der Waals surface area (Å²) in [5, 5.41) is 22.4. The molecule has 0 unspecified atom stereocenters. The fraction of sp³-hybridized carbons (Fsp3) is 0.0952. The van der Waals surface area contributed by atoms with Gasteiger partial charge in [0.15, 0.2) is 0 Å². The third kappa shape index (κ3) is 13.2. The van der Waals surface area contributed by atoms with E-state index in [1.165, 1.54) is 29.3 Å². The van der Waals surface area contributed by atoms with Crippen molar-refractivity contribution >= 4 is 17.6 Å². The van der Waals surface area contributed by atoms with E-state index in [1.54, 1.807) is 12.1 Å². The molecule has 0 aliphatic heterocycles. The van der Waals surface area contributed by atoms with Crippen molar-refractivity contribution < 1.29 is 43.1 Å². The van der Waals surface area contributed by atoms with Gasteiger partial charge in [0, 0.05) is 13.1 Å². The maximum absolute atomic E-state index is 12.5. The summed E-state index contributed by atoms with van der Waals surface area (Å²) in [5.41, 5.74) is 5.61. The second-order valence-electron chi connectivity index (χ2n) is 10.9. The number of nitrogens with zero attached hydrogens (tertiary/aromatic N) is 2. The molecule has 6 rings (SSSR count). The Balaban J connectivity index is 0.000000222. The first-order valence-electron chi connectivity index (χ1n) is 15.7. The van der Waals surface area contributed by atoms with Gasteiger partial charge in [-0.25, -0.2) is 14.0 Å². The van der Waals surface area contributed by atoms with Crippen molar-refractivity contribution in [2.24, 2.45) is 0 Å². The number of halogens is 1. The van der Waals surface area contributed by atoms with E-state index in [0.29, 0.717) is 18.7 Å². The Bertz CT molecular complexity index is 1780. The molecule has 2 N–H and O–H groups in total. The number of carboxylic acid groups (broad SMARTS) is 2. The maximum Gasteiger partial charge on any atom is 1.00 e. The minimum absolute atomic E-state index is 0. The van der Waals surface area contributed by atoms with Gasteiger partial charge in [0.2, 0.25) is 0 Å². The third-order valence-electron chi connectivity index (χ3n) is 7.29. The van der Waals surface area contributed by atoms with Crippen molar-refractivity contribution in [2.45, 2.75) is 26.2 Å². The molecule has 6 nitrogen and oxygen atoms in total. The molecule has 0 spiro atoms. The van der Waals surface area contributed by atoms with Gasteiger partial charge < -0.3 is 20.4 Å². The van der Waals surface area contributed by atoms with Gasteiger partial charge in [-0.15, -0.1) is 13.1 Å². The average molecular weight is 661 g/mol. The molecular formula is C42H38FLiN2O4. The first kappa shape index (κ1) is 39.0. The molecule has 6 aromatic carbocycles. The molecule has 0 saturated carbocycles. The molecule has 0 atom stereocenters. The molecule has 50 heavy (non-hydrogen) atoms. The van der Waals surface area contributed by atoms with Crippen molar-refractivity contribution in [1.29, 1.82) is 0 Å². The van der Waals surface area contributed by atoms with E-state index >= 15 is 0 Å². The summed E-state index contributed by atoms with van der Waals surface area (Å²) in [5.74, 6) is -2.84. The third-order valence-corrected chi connectivity index (χ3v) is 7.29. The predicted octanol–water partition coefficient (Wildman–Crippen LogP) is 6.88. The van der Waals surface area contributed by atoms with E-state index in [1.807, 2.05) is 84.9 Å². The zero-order chi connectivity index (χ0) is 34.7. The van der Waals surface area contributed by atoms with Crippen LogP contribution >= 0.6 is 0 Å². The predicted molar refractivity (Wildman–Crippen MR) is 193 cm³/mol. The summed E-state index contributed by atoms with van der Waals surface area (Å²) in [7, 11) is 0. The molecule has 8 heteroatoms. The number of anilines is 1. The Hall–Kier alpha value is -5.45. The van der Waals surface area contributed by atoms with E-state index < -0.39 is 17.8 Å². The van der Waals surface area contributed by atoms with Crippen LogP contribution < -0.4 is 23.8 Å². The number of carboxylic acids is 2. The van der Waals surface area contributed by atoms with Crippen LogP contribution in [0.2, 0.25) is 0 Å². The number of hydrogen-bond donors (Lipinski definition) is 2. The minimum Gasteiger partial charge on any atom is -0.655 e. The molecule has 248 valence electrons. The van der Waals surface area contributed by atoms with Gasteiger partial charge in [0.05, 0.1) is 16.8 Å². The quantitative estimate of drug-likeness (QED) is 0.148. The van der Waals surface area contributed by atoms with Gasteiger partial charge in [-0.1, -0.05) is 157 Å². The maximum atomic E-state index is 12.5. The molecule has 0 saturated heterocycles. The van der Waals surface area contributed by atoms with Gasteiger partial charge >= 0.3 is 30.8 Å². The molecule has 0 radical (unpaired) electrons. The molecular weight excluding hydrogens is 622 g/mol. The van der Waals surface area contributed by atoms with Crippen LogP contribution in [0, 0.1) is 5.82 Å². The SMILES string of the molecule is O=C(O)c1ccccc1F.O=C(O)c1ccccc1N(Cc1ccccc1)Cc1ccccc1.[Li+].c1ccc(C[N-]Cc2ccccc2)cc1. The van der Waals surface area contributed by atoms with E-state index in [9.17, 15) is 19.1 Å². The number of hydrogen-bond acceptors (Lipinski definition) is 3. The normalized spacial score (nSPS) is 9.86. The molecule has 6 aromatic rings. The topological polar surface area (TPSA) is 91.9 Å². The van der Waals surface area contributed by atoms with Gasteiger partial charge in [0.25, 0.3) is 0 Å². The van der Waals surface area contributed by atoms with Crippen LogP contribution in [0.1, 0.15) is 43.0 Å². The number of aromatic carboxylic acids is 2. The van der Waals surface area contributed by atoms with E-state index in [4.69, 9.17) is 5.11 Å². The van der Waals surface area contributed by atoms with Crippen LogP contribution in [0.25, 0.3) is 5.32 Å². The van der Waals surface area contributed by atoms with Crippen molar-refractivity contribution in [1.82, 2.24) is 0 Å². The van der Waals surface area contributed by atoms with Crippen LogP contribution in [-0.2, 0) is 26.2 Å². The summed E-state index contributed by atoms with van der Waals surface area (Å²) >= 11 is 0. The molecule has 0 bridgehead atoms. The van der Waals surface area contributed by atoms with Gasteiger partial charge in [-0.05, 0) is 35.4 Å². The summed E-state index contributed by atoms with van der Waals surface area (Å²) in [6.07, 6.45) is 0. The van der Waals surface area contributed by atoms with Gasteiger partial charge in [0.1, 0.15) is 5.82 Å². The number of benzene rings is 6. The zero-order valence-corrected chi connectivity index (χ0v) is 28.0. The average Bonchev–Trinajstić information content (AvgIpc) is 3.14. The second-order valence-corrected chi connectivity index (χ2v) is 10.9. The summed E-state index contributed by atoms with van der Waals surface area (Å²) in [6, 6.07) is 53.3. The first-order chi connectivity index (χ1) is 23.9. The van der Waals surface area contributed by atoms with E-state index in [-0.39, 0.29) is 24.4 Å². The summed E-state index contributed by atoms with van der Waals surface area (Å²) < 4.78 is 12.5. The van der Waals surface area contributed by atoms with E-state index in [2.05, 4.69) is 58.7 Å². The van der Waals surface area contributed by atoms with Crippen molar-refractivity contribution in [3.8, 4) is 0 Å². The number of para-hydroxylation sites is 1. The first-order valence-corrected chi connectivity index (χ1v) is 15.7. The summed E-state index contributed by atoms with van der Waals surface area (Å²) in [4.78, 5) is 23.9. The smallest absolute Gasteiger partial charge is 0.655 e. The molecule has 0 aliphatic rings. The van der Waals surface area contributed by atoms with Crippen LogP contribution in [0.15, 0.2) is 170 Å². The Labute approximate surface area is 305 Å². The Morgan fingerprint density at radius 1 is 0.480 bits per heavy atom. The molecule has 0 aliphatic carbocycles. The molecule has 0 aromatic heterocycles. The monoisotopic (exact) mass is 660 g/mol. The molecule has 0 amide bonds. The number of rotatable bonds is 11. The standard InChI is InChI=1S/C21H19NO2.C14H14N.C7H5FO2.Li/c23-21(24)19-13-7-8-14-20(19)22(15-17-9-3-1-4-10-17)16-18-11-5-2-6-12-18;1-3-7-13(8-4-1)11-15-12-14-9-5-2-6-10-14;8-6-4-2-1-3-5(6)7(9)10;/h1-14H,15-16H2,(H,23,24);1-10H,11-12H2;1-4H,(H,9,10);/q;-1;;+1. The van der Waals surface area contributed by atoms with Crippen LogP contribution in [-0.4, -0.2) is 22.2 Å². The van der Waals surface area contributed by atoms with Crippen molar-refractivity contribution in [3.05, 3.63) is 214 Å². The fourth-order valence-corrected chi connectivity index (χ4v) is 4.88. The fourth-order valence-electron chi connectivity index (χ4n) is 4.88. The second kappa shape index (κ2) is 21.5. The largest absolute Gasteiger partial charge is 1.00 e. The van der Waals surface area contributed by atoms with E-state index in [0.717, 1.165) is 36.0 Å². The Morgan fingerprint density at radius 3 is 1.20 bits per heavy atom. The van der Waals surface area contributed by atoms with Gasteiger partial charge in [-0.3, -0.25) is 0 Å². The van der Waals surface area contributed by atoms with Crippen LogP contribution in [0.3, 0.4) is 0 Å². The summed E-state index contributed by atoms with van der Waals surface area (Å²) in [6.45, 7) is 2.91. The minimum atomic E-state index is -1.24. The van der Waals surface area contributed by atoms with Crippen molar-refractivity contribution in [3.63, 3.8) is 0 Å². The zero-order valence-electron chi connectivity index (χ0n) is 28.0. The van der Waals surface area contributed by atoms with Gasteiger partial charge in [-0.2, -0.15) is 0 Å². The molecule has 0 heterocycles. The van der Waals surface area contributed by atoms with Crippen LogP contribution in [0.5, 0.6) is 0 Å². The van der Waals surface area contributed by atoms with Crippen LogP contribution in [0.4, 0.5) is 10.1 Å². The Morgan fingerprint density at radius 2 is 0.820 bits per heavy atom. The molecule has 0 fully saturated rings.